The summed E-state index contributed by atoms with van der Waals surface area (Å²) in [4.78, 5) is 37.8. The van der Waals surface area contributed by atoms with Crippen LogP contribution < -0.4 is 0 Å². The van der Waals surface area contributed by atoms with Crippen LogP contribution in [0.15, 0.2) is 48.6 Å². The number of carbonyl (C=O) groups is 3. The summed E-state index contributed by atoms with van der Waals surface area (Å²) in [6.45, 7) is 6.53. The predicted molar refractivity (Wildman–Crippen MR) is 256 cm³/mol. The average Bonchev–Trinajstić information content (AvgIpc) is 3.24. The van der Waals surface area contributed by atoms with Crippen LogP contribution in [-0.4, -0.2) is 37.2 Å². The van der Waals surface area contributed by atoms with Crippen molar-refractivity contribution in [2.75, 3.05) is 13.2 Å². The molecule has 0 aromatic rings. The summed E-state index contributed by atoms with van der Waals surface area (Å²) < 4.78 is 16.7. The zero-order valence-corrected chi connectivity index (χ0v) is 39.7. The van der Waals surface area contributed by atoms with Crippen molar-refractivity contribution in [2.24, 2.45) is 0 Å². The van der Waals surface area contributed by atoms with Crippen molar-refractivity contribution in [3.63, 3.8) is 0 Å². The molecule has 0 aliphatic heterocycles. The number of unbranched alkanes of at least 4 members (excludes halogenated alkanes) is 27. The van der Waals surface area contributed by atoms with Crippen molar-refractivity contribution in [1.29, 1.82) is 0 Å². The van der Waals surface area contributed by atoms with Gasteiger partial charge in [0.2, 0.25) is 0 Å². The highest BCUT2D eigenvalue weighted by atomic mass is 16.6. The van der Waals surface area contributed by atoms with Gasteiger partial charge in [0.05, 0.1) is 0 Å². The van der Waals surface area contributed by atoms with Gasteiger partial charge >= 0.3 is 17.9 Å². The quantitative estimate of drug-likeness (QED) is 0.0263. The lowest BCUT2D eigenvalue weighted by Gasteiger charge is -2.18. The first-order valence-corrected chi connectivity index (χ1v) is 25.6. The van der Waals surface area contributed by atoms with Gasteiger partial charge in [-0.3, -0.25) is 14.4 Å². The molecule has 0 aromatic carbocycles. The average molecular weight is 841 g/mol. The Bertz CT molecular complexity index is 1060. The Morgan fingerprint density at radius 2 is 0.650 bits per heavy atom. The second kappa shape index (κ2) is 49.0. The van der Waals surface area contributed by atoms with Gasteiger partial charge in [0.25, 0.3) is 0 Å². The molecule has 0 radical (unpaired) electrons. The van der Waals surface area contributed by atoms with Crippen molar-refractivity contribution < 1.29 is 28.6 Å². The zero-order valence-electron chi connectivity index (χ0n) is 39.7. The van der Waals surface area contributed by atoms with E-state index >= 15 is 0 Å². The van der Waals surface area contributed by atoms with Crippen LogP contribution in [0.25, 0.3) is 0 Å². The van der Waals surface area contributed by atoms with Crippen LogP contribution in [0.5, 0.6) is 0 Å². The minimum absolute atomic E-state index is 0.101. The highest BCUT2D eigenvalue weighted by Gasteiger charge is 2.19. The highest BCUT2D eigenvalue weighted by molar-refractivity contribution is 5.71. The third-order valence-corrected chi connectivity index (χ3v) is 11.0. The van der Waals surface area contributed by atoms with Gasteiger partial charge in [-0.15, -0.1) is 0 Å². The first-order chi connectivity index (χ1) is 29.5. The molecule has 0 rings (SSSR count). The van der Waals surface area contributed by atoms with Gasteiger partial charge in [-0.25, -0.2) is 0 Å². The van der Waals surface area contributed by atoms with Gasteiger partial charge in [-0.1, -0.05) is 204 Å². The minimum Gasteiger partial charge on any atom is -0.462 e. The fraction of sp³-hybridized carbons (Fsp3) is 0.796. The normalized spacial score (nSPS) is 12.4. The molecule has 6 nitrogen and oxygen atoms in total. The molecule has 0 N–H and O–H groups in total. The SMILES string of the molecule is CCCC/C=C\CCCCCCC(=O)OCC(COC(=O)CCCCCCCCC/C=C\CCCCCCCCCC)OC(=O)CC/C=C\C/C=C\CCCCCCCC. The predicted octanol–water partition coefficient (Wildman–Crippen LogP) is 16.7. The molecule has 0 aliphatic carbocycles. The molecule has 0 aliphatic rings. The largest absolute Gasteiger partial charge is 0.462 e. The van der Waals surface area contributed by atoms with Crippen LogP contribution >= 0.6 is 0 Å². The van der Waals surface area contributed by atoms with Gasteiger partial charge in [0.1, 0.15) is 13.2 Å². The summed E-state index contributed by atoms with van der Waals surface area (Å²) in [5.74, 6) is -0.984. The Labute approximate surface area is 371 Å². The number of esters is 3. The van der Waals surface area contributed by atoms with Crippen LogP contribution in [0.1, 0.15) is 258 Å². The number of hydrogen-bond acceptors (Lipinski definition) is 6. The molecule has 0 fully saturated rings. The first kappa shape index (κ1) is 57.4. The van der Waals surface area contributed by atoms with Crippen molar-refractivity contribution in [1.82, 2.24) is 0 Å². The third kappa shape index (κ3) is 46.4. The van der Waals surface area contributed by atoms with E-state index in [1.54, 1.807) is 0 Å². The minimum atomic E-state index is -0.807. The lowest BCUT2D eigenvalue weighted by Crippen LogP contribution is -2.30. The van der Waals surface area contributed by atoms with Crippen molar-refractivity contribution in [3.05, 3.63) is 48.6 Å². The van der Waals surface area contributed by atoms with E-state index in [9.17, 15) is 14.4 Å². The van der Waals surface area contributed by atoms with Crippen LogP contribution in [0.4, 0.5) is 0 Å². The molecule has 60 heavy (non-hydrogen) atoms. The highest BCUT2D eigenvalue weighted by Crippen LogP contribution is 2.14. The maximum atomic E-state index is 12.7. The monoisotopic (exact) mass is 841 g/mol. The van der Waals surface area contributed by atoms with E-state index in [0.29, 0.717) is 19.3 Å². The summed E-state index contributed by atoms with van der Waals surface area (Å²) >= 11 is 0. The second-order valence-corrected chi connectivity index (χ2v) is 17.1. The van der Waals surface area contributed by atoms with Crippen molar-refractivity contribution >= 4 is 17.9 Å². The molecule has 0 heterocycles. The van der Waals surface area contributed by atoms with E-state index in [1.165, 1.54) is 141 Å². The number of ether oxygens (including phenoxy) is 3. The summed E-state index contributed by atoms with van der Waals surface area (Å²) in [5.41, 5.74) is 0. The summed E-state index contributed by atoms with van der Waals surface area (Å²) in [5, 5.41) is 0. The van der Waals surface area contributed by atoms with E-state index in [2.05, 4.69) is 63.3 Å². The molecule has 0 saturated heterocycles. The fourth-order valence-electron chi connectivity index (χ4n) is 7.12. The lowest BCUT2D eigenvalue weighted by molar-refractivity contribution is -0.166. The number of hydrogen-bond donors (Lipinski definition) is 0. The molecular weight excluding hydrogens is 745 g/mol. The standard InChI is InChI=1S/C54H96O6/c1-4-7-10-13-16-19-22-24-25-26-27-28-29-31-32-35-38-41-44-47-53(56)59-50-51(49-58-52(55)46-43-40-37-34-21-18-15-12-9-6-3)60-54(57)48-45-42-39-36-33-30-23-20-17-14-11-8-5-2/h15,18,26-27,30,33,39,42,51H,4-14,16-17,19-25,28-29,31-32,34-38,40-41,43-50H2,1-3H3/b18-15-,27-26-,33-30-,42-39-. The Hall–Kier alpha value is -2.63. The van der Waals surface area contributed by atoms with E-state index in [-0.39, 0.29) is 37.5 Å². The Morgan fingerprint density at radius 3 is 1.05 bits per heavy atom. The topological polar surface area (TPSA) is 78.9 Å². The van der Waals surface area contributed by atoms with Crippen molar-refractivity contribution in [3.8, 4) is 0 Å². The maximum absolute atomic E-state index is 12.7. The first-order valence-electron chi connectivity index (χ1n) is 25.6. The van der Waals surface area contributed by atoms with Gasteiger partial charge in [0.15, 0.2) is 6.10 Å². The fourth-order valence-corrected chi connectivity index (χ4v) is 7.12. The van der Waals surface area contributed by atoms with Crippen LogP contribution in [0, 0.1) is 0 Å². The summed E-state index contributed by atoms with van der Waals surface area (Å²) in [7, 11) is 0. The third-order valence-electron chi connectivity index (χ3n) is 11.0. The maximum Gasteiger partial charge on any atom is 0.306 e. The summed E-state index contributed by atoms with van der Waals surface area (Å²) in [6, 6.07) is 0. The summed E-state index contributed by atoms with van der Waals surface area (Å²) in [6.07, 6.45) is 58.3. The van der Waals surface area contributed by atoms with E-state index < -0.39 is 6.10 Å². The van der Waals surface area contributed by atoms with Gasteiger partial charge < -0.3 is 14.2 Å². The van der Waals surface area contributed by atoms with E-state index in [1.807, 2.05) is 6.08 Å². The van der Waals surface area contributed by atoms with Crippen LogP contribution in [0.2, 0.25) is 0 Å². The smallest absolute Gasteiger partial charge is 0.306 e. The zero-order chi connectivity index (χ0) is 43.7. The van der Waals surface area contributed by atoms with Gasteiger partial charge in [0, 0.05) is 19.3 Å². The Kier molecular flexibility index (Phi) is 46.9. The Morgan fingerprint density at radius 1 is 0.333 bits per heavy atom. The number of rotatable bonds is 46. The lowest BCUT2D eigenvalue weighted by atomic mass is 10.1. The van der Waals surface area contributed by atoms with Crippen molar-refractivity contribution in [2.45, 2.75) is 264 Å². The van der Waals surface area contributed by atoms with Crippen LogP contribution in [0.3, 0.4) is 0 Å². The number of allylic oxidation sites excluding steroid dienone is 8. The molecule has 0 spiro atoms. The van der Waals surface area contributed by atoms with E-state index in [4.69, 9.17) is 14.2 Å². The molecule has 1 atom stereocenters. The van der Waals surface area contributed by atoms with E-state index in [0.717, 1.165) is 70.6 Å². The molecule has 0 bridgehead atoms. The van der Waals surface area contributed by atoms with Gasteiger partial charge in [-0.05, 0) is 83.5 Å². The molecule has 6 heteroatoms. The van der Waals surface area contributed by atoms with Crippen LogP contribution in [-0.2, 0) is 28.6 Å². The number of carbonyl (C=O) groups excluding carboxylic acids is 3. The molecule has 0 aromatic heterocycles. The second-order valence-electron chi connectivity index (χ2n) is 17.1. The van der Waals surface area contributed by atoms with Gasteiger partial charge in [-0.2, -0.15) is 0 Å². The molecule has 1 unspecified atom stereocenters. The molecular formula is C54H96O6. The molecule has 0 amide bonds. The molecule has 0 saturated carbocycles. The Balaban J connectivity index is 4.36. The molecule has 348 valence electrons.